The van der Waals surface area contributed by atoms with Crippen LogP contribution in [0.3, 0.4) is 0 Å². The first-order valence-corrected chi connectivity index (χ1v) is 12.0. The molecular formula is C28H25ClN4O2. The van der Waals surface area contributed by atoms with Gasteiger partial charge < -0.3 is 10.2 Å². The maximum absolute atomic E-state index is 13.6. The van der Waals surface area contributed by atoms with Gasteiger partial charge in [-0.2, -0.15) is 5.10 Å². The molecule has 4 aromatic rings. The van der Waals surface area contributed by atoms with Gasteiger partial charge in [0.1, 0.15) is 5.69 Å². The molecule has 1 fully saturated rings. The Morgan fingerprint density at radius 1 is 0.857 bits per heavy atom. The summed E-state index contributed by atoms with van der Waals surface area (Å²) < 4.78 is 1.70. The van der Waals surface area contributed by atoms with Gasteiger partial charge >= 0.3 is 0 Å². The van der Waals surface area contributed by atoms with Crippen LogP contribution in [0.1, 0.15) is 33.7 Å². The van der Waals surface area contributed by atoms with E-state index in [-0.39, 0.29) is 17.9 Å². The molecule has 0 unspecified atom stereocenters. The molecule has 7 heteroatoms. The van der Waals surface area contributed by atoms with E-state index in [1.54, 1.807) is 16.8 Å². The number of nitrogens with one attached hydrogen (secondary N) is 1. The lowest BCUT2D eigenvalue weighted by Crippen LogP contribution is -2.46. The van der Waals surface area contributed by atoms with Gasteiger partial charge in [0.05, 0.1) is 11.4 Å². The van der Waals surface area contributed by atoms with E-state index in [0.717, 1.165) is 11.3 Å². The fraction of sp³-hybridized carbons (Fsp3) is 0.179. The van der Waals surface area contributed by atoms with Gasteiger partial charge in [0, 0.05) is 35.3 Å². The fourth-order valence-electron chi connectivity index (χ4n) is 4.31. The zero-order valence-electron chi connectivity index (χ0n) is 19.1. The van der Waals surface area contributed by atoms with Crippen LogP contribution in [0.25, 0.3) is 16.9 Å². The first kappa shape index (κ1) is 22.9. The van der Waals surface area contributed by atoms with Crippen LogP contribution < -0.4 is 5.32 Å². The standard InChI is InChI=1S/C28H25ClN4O2/c29-22-13-11-20(12-14-22)25-19-26(33(31-25)24-9-5-2-6-10-24)28(35)32-17-15-23(16-18-32)30-27(34)21-7-3-1-4-8-21/h1-14,19,23H,15-18H2,(H,30,34). The summed E-state index contributed by atoms with van der Waals surface area (Å²) in [4.78, 5) is 27.9. The Kier molecular flexibility index (Phi) is 6.64. The van der Waals surface area contributed by atoms with Gasteiger partial charge in [-0.05, 0) is 55.3 Å². The smallest absolute Gasteiger partial charge is 0.272 e. The Bertz CT molecular complexity index is 1310. The lowest BCUT2D eigenvalue weighted by atomic mass is 10.0. The summed E-state index contributed by atoms with van der Waals surface area (Å²) in [5, 5.41) is 8.50. The van der Waals surface area contributed by atoms with Gasteiger partial charge in [0.25, 0.3) is 11.8 Å². The highest BCUT2D eigenvalue weighted by atomic mass is 35.5. The molecule has 0 radical (unpaired) electrons. The minimum Gasteiger partial charge on any atom is -0.349 e. The minimum absolute atomic E-state index is 0.0374. The first-order chi connectivity index (χ1) is 17.1. The van der Waals surface area contributed by atoms with E-state index in [0.29, 0.717) is 47.9 Å². The number of rotatable bonds is 5. The molecule has 1 N–H and O–H groups in total. The zero-order chi connectivity index (χ0) is 24.2. The van der Waals surface area contributed by atoms with Crippen molar-refractivity contribution in [2.75, 3.05) is 13.1 Å². The molecule has 0 bridgehead atoms. The lowest BCUT2D eigenvalue weighted by Gasteiger charge is -2.32. The quantitative estimate of drug-likeness (QED) is 0.422. The van der Waals surface area contributed by atoms with E-state index in [9.17, 15) is 9.59 Å². The summed E-state index contributed by atoms with van der Waals surface area (Å²) in [6.45, 7) is 1.13. The fourth-order valence-corrected chi connectivity index (χ4v) is 4.43. The zero-order valence-corrected chi connectivity index (χ0v) is 19.9. The van der Waals surface area contributed by atoms with Gasteiger partial charge in [0.15, 0.2) is 0 Å². The molecule has 3 aromatic carbocycles. The molecule has 0 spiro atoms. The number of carbonyl (C=O) groups is 2. The van der Waals surface area contributed by atoms with Crippen molar-refractivity contribution in [1.29, 1.82) is 0 Å². The monoisotopic (exact) mass is 484 g/mol. The molecule has 1 aliphatic heterocycles. The van der Waals surface area contributed by atoms with Crippen LogP contribution in [-0.4, -0.2) is 45.6 Å². The van der Waals surface area contributed by atoms with Crippen molar-refractivity contribution in [2.24, 2.45) is 0 Å². The average Bonchev–Trinajstić information content (AvgIpc) is 3.36. The third-order valence-corrected chi connectivity index (χ3v) is 6.47. The SMILES string of the molecule is O=C(NC1CCN(C(=O)c2cc(-c3ccc(Cl)cc3)nn2-c2ccccc2)CC1)c1ccccc1. The number of likely N-dealkylation sites (tertiary alicyclic amines) is 1. The largest absolute Gasteiger partial charge is 0.349 e. The number of nitrogens with zero attached hydrogens (tertiary/aromatic N) is 3. The van der Waals surface area contributed by atoms with E-state index in [4.69, 9.17) is 16.7 Å². The first-order valence-electron chi connectivity index (χ1n) is 11.6. The average molecular weight is 485 g/mol. The third kappa shape index (κ3) is 5.12. The highest BCUT2D eigenvalue weighted by Gasteiger charge is 2.28. The van der Waals surface area contributed by atoms with Gasteiger partial charge in [-0.25, -0.2) is 4.68 Å². The molecule has 2 heterocycles. The summed E-state index contributed by atoms with van der Waals surface area (Å²) in [7, 11) is 0. The molecule has 0 atom stereocenters. The van der Waals surface area contributed by atoms with Crippen LogP contribution in [0, 0.1) is 0 Å². The number of benzene rings is 3. The van der Waals surface area contributed by atoms with Crippen LogP contribution >= 0.6 is 11.6 Å². The Morgan fingerprint density at radius 2 is 1.49 bits per heavy atom. The van der Waals surface area contributed by atoms with Crippen LogP contribution in [0.4, 0.5) is 0 Å². The number of halogens is 1. The second kappa shape index (κ2) is 10.2. The molecule has 0 saturated carbocycles. The third-order valence-electron chi connectivity index (χ3n) is 6.22. The molecule has 176 valence electrons. The van der Waals surface area contributed by atoms with Crippen LogP contribution in [0.15, 0.2) is 91.0 Å². The number of piperidine rings is 1. The van der Waals surface area contributed by atoms with E-state index in [1.165, 1.54) is 0 Å². The predicted molar refractivity (Wildman–Crippen MR) is 137 cm³/mol. The highest BCUT2D eigenvalue weighted by Crippen LogP contribution is 2.25. The summed E-state index contributed by atoms with van der Waals surface area (Å²) in [5.74, 6) is -0.153. The maximum atomic E-state index is 13.6. The van der Waals surface area contributed by atoms with Gasteiger partial charge in [-0.3, -0.25) is 9.59 Å². The van der Waals surface area contributed by atoms with Crippen LogP contribution in [0.5, 0.6) is 0 Å². The number of carbonyl (C=O) groups excluding carboxylic acids is 2. The summed E-state index contributed by atoms with van der Waals surface area (Å²) in [5.41, 5.74) is 3.57. The maximum Gasteiger partial charge on any atom is 0.272 e. The van der Waals surface area contributed by atoms with Crippen molar-refractivity contribution in [2.45, 2.75) is 18.9 Å². The van der Waals surface area contributed by atoms with Crippen LogP contribution in [-0.2, 0) is 0 Å². The van der Waals surface area contributed by atoms with E-state index >= 15 is 0 Å². The molecular weight excluding hydrogens is 460 g/mol. The molecule has 1 aromatic heterocycles. The predicted octanol–water partition coefficient (Wildman–Crippen LogP) is 5.23. The molecule has 5 rings (SSSR count). The molecule has 35 heavy (non-hydrogen) atoms. The van der Waals surface area contributed by atoms with Crippen molar-refractivity contribution in [3.05, 3.63) is 107 Å². The normalized spacial score (nSPS) is 14.0. The van der Waals surface area contributed by atoms with Crippen molar-refractivity contribution in [3.63, 3.8) is 0 Å². The van der Waals surface area contributed by atoms with Crippen molar-refractivity contribution in [1.82, 2.24) is 20.0 Å². The topological polar surface area (TPSA) is 67.2 Å². The Labute approximate surface area is 209 Å². The summed E-state index contributed by atoms with van der Waals surface area (Å²) >= 11 is 6.05. The van der Waals surface area contributed by atoms with E-state index < -0.39 is 0 Å². The number of aromatic nitrogens is 2. The summed E-state index contributed by atoms with van der Waals surface area (Å²) in [6.07, 6.45) is 1.40. The van der Waals surface area contributed by atoms with Crippen molar-refractivity contribution >= 4 is 23.4 Å². The Hall–Kier alpha value is -3.90. The molecule has 2 amide bonds. The van der Waals surface area contributed by atoms with Crippen LogP contribution in [0.2, 0.25) is 5.02 Å². The number of amides is 2. The Balaban J connectivity index is 1.33. The Morgan fingerprint density at radius 3 is 2.14 bits per heavy atom. The van der Waals surface area contributed by atoms with Gasteiger partial charge in [-0.15, -0.1) is 0 Å². The van der Waals surface area contributed by atoms with Crippen molar-refractivity contribution in [3.8, 4) is 16.9 Å². The second-order valence-corrected chi connectivity index (χ2v) is 9.01. The molecule has 6 nitrogen and oxygen atoms in total. The molecule has 1 saturated heterocycles. The summed E-state index contributed by atoms with van der Waals surface area (Å²) in [6, 6.07) is 28.1. The highest BCUT2D eigenvalue weighted by molar-refractivity contribution is 6.30. The molecule has 0 aliphatic carbocycles. The number of para-hydroxylation sites is 1. The second-order valence-electron chi connectivity index (χ2n) is 8.58. The van der Waals surface area contributed by atoms with Gasteiger partial charge in [0.2, 0.25) is 0 Å². The lowest BCUT2D eigenvalue weighted by molar-refractivity contribution is 0.0689. The minimum atomic E-state index is -0.0786. The van der Waals surface area contributed by atoms with Crippen molar-refractivity contribution < 1.29 is 9.59 Å². The van der Waals surface area contributed by atoms with E-state index in [2.05, 4.69) is 5.32 Å². The number of hydrogen-bond acceptors (Lipinski definition) is 3. The number of hydrogen-bond donors (Lipinski definition) is 1. The van der Waals surface area contributed by atoms with E-state index in [1.807, 2.05) is 83.8 Å². The van der Waals surface area contributed by atoms with Gasteiger partial charge in [-0.1, -0.05) is 60.1 Å². The molecule has 1 aliphatic rings.